The van der Waals surface area contributed by atoms with Crippen molar-refractivity contribution >= 4 is 17.6 Å². The van der Waals surface area contributed by atoms with Crippen molar-refractivity contribution in [2.45, 2.75) is 27.2 Å². The molecule has 1 heterocycles. The van der Waals surface area contributed by atoms with Crippen LogP contribution < -0.4 is 5.73 Å². The number of anilines is 1. The van der Waals surface area contributed by atoms with Gasteiger partial charge >= 0.3 is 5.97 Å². The number of nitrogens with two attached hydrogens (primary N) is 1. The van der Waals surface area contributed by atoms with Crippen molar-refractivity contribution in [2.24, 2.45) is 5.92 Å². The average Bonchev–Trinajstić information content (AvgIpc) is 2.40. The van der Waals surface area contributed by atoms with E-state index in [1.54, 1.807) is 19.1 Å². The van der Waals surface area contributed by atoms with E-state index in [-0.39, 0.29) is 24.8 Å². The number of carbonyl (C=O) groups excluding carboxylic acids is 2. The van der Waals surface area contributed by atoms with Crippen LogP contribution in [0.15, 0.2) is 18.3 Å². The van der Waals surface area contributed by atoms with Crippen LogP contribution in [0.2, 0.25) is 0 Å². The summed E-state index contributed by atoms with van der Waals surface area (Å²) < 4.78 is 4.91. The second kappa shape index (κ2) is 8.24. The molecule has 0 unspecified atom stereocenters. The highest BCUT2D eigenvalue weighted by atomic mass is 16.5. The smallest absolute Gasteiger partial charge is 0.325 e. The van der Waals surface area contributed by atoms with E-state index in [2.05, 4.69) is 4.98 Å². The molecule has 0 fully saturated rings. The fourth-order valence-electron chi connectivity index (χ4n) is 1.87. The highest BCUT2D eigenvalue weighted by molar-refractivity contribution is 5.83. The summed E-state index contributed by atoms with van der Waals surface area (Å²) in [5, 5.41) is 0. The molecule has 1 rings (SSSR count). The molecule has 21 heavy (non-hydrogen) atoms. The number of carbonyl (C=O) groups is 2. The zero-order valence-corrected chi connectivity index (χ0v) is 12.8. The fraction of sp³-hybridized carbons (Fsp3) is 0.533. The average molecular weight is 293 g/mol. The minimum absolute atomic E-state index is 0.0280. The van der Waals surface area contributed by atoms with E-state index >= 15 is 0 Å². The minimum atomic E-state index is -0.392. The first-order valence-electron chi connectivity index (χ1n) is 7.06. The van der Waals surface area contributed by atoms with Crippen LogP contribution in [0.1, 0.15) is 26.5 Å². The summed E-state index contributed by atoms with van der Waals surface area (Å²) in [6.07, 6.45) is 1.66. The SMILES string of the molecule is CCOC(=O)CN(CC(C)C)C(=O)Cc1ccc(N)cn1. The number of amides is 1. The molecule has 1 aromatic rings. The minimum Gasteiger partial charge on any atom is -0.465 e. The highest BCUT2D eigenvalue weighted by Gasteiger charge is 2.19. The Morgan fingerprint density at radius 2 is 2.10 bits per heavy atom. The number of pyridine rings is 1. The van der Waals surface area contributed by atoms with E-state index in [4.69, 9.17) is 10.5 Å². The molecule has 0 aliphatic rings. The number of esters is 1. The fourth-order valence-corrected chi connectivity index (χ4v) is 1.87. The Balaban J connectivity index is 2.70. The van der Waals surface area contributed by atoms with Crippen LogP contribution in [0.25, 0.3) is 0 Å². The van der Waals surface area contributed by atoms with Crippen molar-refractivity contribution in [1.82, 2.24) is 9.88 Å². The lowest BCUT2D eigenvalue weighted by Crippen LogP contribution is -2.39. The maximum Gasteiger partial charge on any atom is 0.325 e. The standard InChI is InChI=1S/C15H23N3O3/c1-4-21-15(20)10-18(9-11(2)3)14(19)7-13-6-5-12(16)8-17-13/h5-6,8,11H,4,7,9-10,16H2,1-3H3. The zero-order chi connectivity index (χ0) is 15.8. The predicted octanol–water partition coefficient (Wildman–Crippen LogP) is 1.25. The molecule has 0 aliphatic heterocycles. The molecule has 1 aromatic heterocycles. The molecule has 6 nitrogen and oxygen atoms in total. The summed E-state index contributed by atoms with van der Waals surface area (Å²) in [4.78, 5) is 29.5. The van der Waals surface area contributed by atoms with Gasteiger partial charge in [0.1, 0.15) is 6.54 Å². The Morgan fingerprint density at radius 3 is 2.62 bits per heavy atom. The zero-order valence-electron chi connectivity index (χ0n) is 12.8. The topological polar surface area (TPSA) is 85.5 Å². The van der Waals surface area contributed by atoms with E-state index in [9.17, 15) is 9.59 Å². The van der Waals surface area contributed by atoms with Crippen molar-refractivity contribution < 1.29 is 14.3 Å². The van der Waals surface area contributed by atoms with Gasteiger partial charge in [0.25, 0.3) is 0 Å². The molecule has 1 amide bonds. The van der Waals surface area contributed by atoms with Crippen molar-refractivity contribution in [1.29, 1.82) is 0 Å². The van der Waals surface area contributed by atoms with Crippen molar-refractivity contribution in [3.05, 3.63) is 24.0 Å². The van der Waals surface area contributed by atoms with Crippen molar-refractivity contribution in [3.8, 4) is 0 Å². The number of nitrogens with zero attached hydrogens (tertiary/aromatic N) is 2. The summed E-state index contributed by atoms with van der Waals surface area (Å²) in [6, 6.07) is 3.42. The Hall–Kier alpha value is -2.11. The van der Waals surface area contributed by atoms with Crippen LogP contribution >= 0.6 is 0 Å². The molecule has 0 saturated heterocycles. The van der Waals surface area contributed by atoms with E-state index in [0.717, 1.165) is 0 Å². The maximum atomic E-state index is 12.3. The second-order valence-corrected chi connectivity index (χ2v) is 5.23. The van der Waals surface area contributed by atoms with Crippen LogP contribution in [-0.2, 0) is 20.7 Å². The van der Waals surface area contributed by atoms with Gasteiger partial charge in [-0.1, -0.05) is 13.8 Å². The molecule has 0 bridgehead atoms. The second-order valence-electron chi connectivity index (χ2n) is 5.23. The summed E-state index contributed by atoms with van der Waals surface area (Å²) in [5.74, 6) is -0.270. The normalized spacial score (nSPS) is 10.5. The number of hydrogen-bond acceptors (Lipinski definition) is 5. The molecule has 0 spiro atoms. The van der Waals surface area contributed by atoms with Crippen LogP contribution in [0.5, 0.6) is 0 Å². The van der Waals surface area contributed by atoms with Gasteiger partial charge in [-0.3, -0.25) is 14.6 Å². The quantitative estimate of drug-likeness (QED) is 0.765. The summed E-state index contributed by atoms with van der Waals surface area (Å²) in [6.45, 7) is 6.51. The van der Waals surface area contributed by atoms with Crippen LogP contribution in [-0.4, -0.2) is 41.5 Å². The van der Waals surface area contributed by atoms with Crippen molar-refractivity contribution in [2.75, 3.05) is 25.4 Å². The number of rotatable bonds is 7. The molecule has 6 heteroatoms. The first-order valence-corrected chi connectivity index (χ1v) is 7.06. The molecule has 0 aromatic carbocycles. The number of nitrogen functional groups attached to an aromatic ring is 1. The largest absolute Gasteiger partial charge is 0.465 e. The molecule has 0 saturated carbocycles. The highest BCUT2D eigenvalue weighted by Crippen LogP contribution is 2.06. The third-order valence-electron chi connectivity index (χ3n) is 2.74. The molecule has 2 N–H and O–H groups in total. The predicted molar refractivity (Wildman–Crippen MR) is 80.4 cm³/mol. The number of aromatic nitrogens is 1. The van der Waals surface area contributed by atoms with Gasteiger partial charge in [-0.25, -0.2) is 0 Å². The van der Waals surface area contributed by atoms with Gasteiger partial charge in [0.05, 0.1) is 24.9 Å². The number of hydrogen-bond donors (Lipinski definition) is 1. The Morgan fingerprint density at radius 1 is 1.38 bits per heavy atom. The van der Waals surface area contributed by atoms with Crippen molar-refractivity contribution in [3.63, 3.8) is 0 Å². The molecule has 0 aliphatic carbocycles. The van der Waals surface area contributed by atoms with Crippen LogP contribution in [0.3, 0.4) is 0 Å². The lowest BCUT2D eigenvalue weighted by atomic mass is 10.2. The number of ether oxygens (including phenoxy) is 1. The van der Waals surface area contributed by atoms with E-state index in [0.29, 0.717) is 24.5 Å². The molecular formula is C15H23N3O3. The van der Waals surface area contributed by atoms with E-state index in [1.807, 2.05) is 13.8 Å². The molecule has 116 valence electrons. The lowest BCUT2D eigenvalue weighted by Gasteiger charge is -2.23. The maximum absolute atomic E-state index is 12.3. The van der Waals surface area contributed by atoms with Gasteiger partial charge in [0.15, 0.2) is 0 Å². The Bertz CT molecular complexity index is 472. The first-order chi connectivity index (χ1) is 9.92. The van der Waals surface area contributed by atoms with Gasteiger partial charge in [0, 0.05) is 12.2 Å². The van der Waals surface area contributed by atoms with Gasteiger partial charge < -0.3 is 15.4 Å². The molecule has 0 atom stereocenters. The third kappa shape index (κ3) is 6.25. The van der Waals surface area contributed by atoms with Gasteiger partial charge in [-0.15, -0.1) is 0 Å². The molecule has 0 radical (unpaired) electrons. The summed E-state index contributed by atoms with van der Waals surface area (Å²) in [5.41, 5.74) is 6.75. The summed E-state index contributed by atoms with van der Waals surface area (Å²) in [7, 11) is 0. The molecular weight excluding hydrogens is 270 g/mol. The Labute approximate surface area is 125 Å². The lowest BCUT2D eigenvalue weighted by molar-refractivity contribution is -0.149. The van der Waals surface area contributed by atoms with E-state index < -0.39 is 5.97 Å². The van der Waals surface area contributed by atoms with E-state index in [1.165, 1.54) is 11.1 Å². The van der Waals surface area contributed by atoms with Gasteiger partial charge in [0.2, 0.25) is 5.91 Å². The van der Waals surface area contributed by atoms with Gasteiger partial charge in [-0.2, -0.15) is 0 Å². The van der Waals surface area contributed by atoms with Gasteiger partial charge in [-0.05, 0) is 25.0 Å². The first kappa shape index (κ1) is 16.9. The summed E-state index contributed by atoms with van der Waals surface area (Å²) >= 11 is 0. The van der Waals surface area contributed by atoms with Crippen LogP contribution in [0, 0.1) is 5.92 Å². The van der Waals surface area contributed by atoms with Crippen LogP contribution in [0.4, 0.5) is 5.69 Å². The Kier molecular flexibility index (Phi) is 6.65. The third-order valence-corrected chi connectivity index (χ3v) is 2.74. The monoisotopic (exact) mass is 293 g/mol.